The van der Waals surface area contributed by atoms with Crippen molar-refractivity contribution in [2.75, 3.05) is 13.2 Å². The predicted octanol–water partition coefficient (Wildman–Crippen LogP) is 5.56. The van der Waals surface area contributed by atoms with E-state index in [9.17, 15) is 5.11 Å². The third-order valence-electron chi connectivity index (χ3n) is 5.06. The van der Waals surface area contributed by atoms with Gasteiger partial charge in [0.1, 0.15) is 5.75 Å². The van der Waals surface area contributed by atoms with Crippen molar-refractivity contribution >= 4 is 8.32 Å². The van der Waals surface area contributed by atoms with Gasteiger partial charge < -0.3 is 14.3 Å². The van der Waals surface area contributed by atoms with E-state index in [0.29, 0.717) is 5.92 Å². The molecule has 1 aromatic rings. The molecule has 1 aromatic carbocycles. The Morgan fingerprint density at radius 3 is 2.48 bits per heavy atom. The molecule has 2 rings (SSSR count). The summed E-state index contributed by atoms with van der Waals surface area (Å²) < 4.78 is 12.5. The number of hydrogen-bond acceptors (Lipinski definition) is 3. The Morgan fingerprint density at radius 2 is 1.88 bits per heavy atom. The highest BCUT2D eigenvalue weighted by Gasteiger charge is 2.28. The topological polar surface area (TPSA) is 38.7 Å². The third-order valence-corrected chi connectivity index (χ3v) is 6.03. The van der Waals surface area contributed by atoms with Crippen LogP contribution < -0.4 is 4.74 Å². The summed E-state index contributed by atoms with van der Waals surface area (Å²) in [7, 11) is -1.71. The minimum Gasteiger partial charge on any atom is -0.493 e. The number of hydrogen-bond donors (Lipinski definition) is 1. The first-order valence-electron chi connectivity index (χ1n) is 9.94. The van der Waals surface area contributed by atoms with Gasteiger partial charge in [0.15, 0.2) is 8.32 Å². The van der Waals surface area contributed by atoms with Gasteiger partial charge in [-0.25, -0.2) is 0 Å². The maximum atomic E-state index is 9.80. The Hall–Kier alpha value is -0.843. The fourth-order valence-corrected chi connectivity index (χ4v) is 4.70. The van der Waals surface area contributed by atoms with E-state index in [4.69, 9.17) is 9.16 Å². The van der Waals surface area contributed by atoms with Crippen molar-refractivity contribution in [2.24, 2.45) is 11.8 Å². The standard InChI is InChI=1S/C21H36O3Si/c1-5-18(15-22)21(24-25(2,3)4)19-12-9-13-20(14-19)23-16-17-10-7-6-8-11-17/h9,12-14,17-18,21-22H,5-8,10-11,15-16H2,1-4H3/t18-,21-/m1/s1. The lowest BCUT2D eigenvalue weighted by Gasteiger charge is -2.32. The molecule has 0 aromatic heterocycles. The molecule has 25 heavy (non-hydrogen) atoms. The second kappa shape index (κ2) is 9.74. The van der Waals surface area contributed by atoms with Crippen LogP contribution >= 0.6 is 0 Å². The van der Waals surface area contributed by atoms with E-state index in [1.54, 1.807) is 0 Å². The molecule has 0 radical (unpaired) electrons. The number of rotatable bonds is 9. The molecular weight excluding hydrogens is 328 g/mol. The van der Waals surface area contributed by atoms with Gasteiger partial charge in [-0.1, -0.05) is 38.3 Å². The van der Waals surface area contributed by atoms with Gasteiger partial charge >= 0.3 is 0 Å². The number of aliphatic hydroxyl groups is 1. The summed E-state index contributed by atoms with van der Waals surface area (Å²) in [6.07, 6.45) is 7.50. The normalized spacial score (nSPS) is 18.8. The van der Waals surface area contributed by atoms with E-state index in [0.717, 1.165) is 24.3 Å². The maximum Gasteiger partial charge on any atom is 0.184 e. The average molecular weight is 365 g/mol. The van der Waals surface area contributed by atoms with Crippen molar-refractivity contribution in [3.8, 4) is 5.75 Å². The summed E-state index contributed by atoms with van der Waals surface area (Å²) in [5.74, 6) is 1.76. The number of aliphatic hydroxyl groups excluding tert-OH is 1. The molecule has 0 heterocycles. The lowest BCUT2D eigenvalue weighted by Crippen LogP contribution is -2.32. The van der Waals surface area contributed by atoms with Crippen LogP contribution in [0.4, 0.5) is 0 Å². The van der Waals surface area contributed by atoms with Crippen LogP contribution in [0.15, 0.2) is 24.3 Å². The molecule has 4 heteroatoms. The van der Waals surface area contributed by atoms with Crippen LogP contribution in [0.3, 0.4) is 0 Å². The van der Waals surface area contributed by atoms with Crippen LogP contribution in [0.5, 0.6) is 5.75 Å². The summed E-state index contributed by atoms with van der Waals surface area (Å²) in [6, 6.07) is 8.32. The lowest BCUT2D eigenvalue weighted by atomic mass is 9.90. The second-order valence-corrected chi connectivity index (χ2v) is 12.8. The van der Waals surface area contributed by atoms with Gasteiger partial charge in [-0.15, -0.1) is 0 Å². The third kappa shape index (κ3) is 6.76. The van der Waals surface area contributed by atoms with Crippen molar-refractivity contribution in [1.82, 2.24) is 0 Å². The molecule has 0 aliphatic heterocycles. The van der Waals surface area contributed by atoms with Gasteiger partial charge in [0.05, 0.1) is 12.7 Å². The van der Waals surface area contributed by atoms with Crippen LogP contribution in [0.2, 0.25) is 19.6 Å². The van der Waals surface area contributed by atoms with Crippen LogP contribution in [0.1, 0.15) is 57.1 Å². The summed E-state index contributed by atoms with van der Waals surface area (Å²) in [4.78, 5) is 0. The van der Waals surface area contributed by atoms with E-state index in [2.05, 4.69) is 44.8 Å². The first-order chi connectivity index (χ1) is 11.9. The molecule has 1 aliphatic carbocycles. The van der Waals surface area contributed by atoms with Crippen LogP contribution in [-0.4, -0.2) is 26.6 Å². The molecular formula is C21H36O3Si. The molecule has 3 nitrogen and oxygen atoms in total. The van der Waals surface area contributed by atoms with Gasteiger partial charge in [-0.05, 0) is 62.5 Å². The Morgan fingerprint density at radius 1 is 1.16 bits per heavy atom. The molecule has 0 amide bonds. The van der Waals surface area contributed by atoms with Crippen molar-refractivity contribution in [3.63, 3.8) is 0 Å². The maximum absolute atomic E-state index is 9.80. The minimum absolute atomic E-state index is 0.0557. The van der Waals surface area contributed by atoms with Crippen LogP contribution in [0, 0.1) is 11.8 Å². The van der Waals surface area contributed by atoms with Gasteiger partial charge in [0.2, 0.25) is 0 Å². The predicted molar refractivity (Wildman–Crippen MR) is 107 cm³/mol. The van der Waals surface area contributed by atoms with Crippen molar-refractivity contribution in [3.05, 3.63) is 29.8 Å². The Balaban J connectivity index is 2.09. The Bertz CT molecular complexity index is 502. The van der Waals surface area contributed by atoms with E-state index >= 15 is 0 Å². The second-order valence-electron chi connectivity index (χ2n) is 8.39. The molecule has 1 saturated carbocycles. The number of benzene rings is 1. The highest BCUT2D eigenvalue weighted by molar-refractivity contribution is 6.69. The minimum atomic E-state index is -1.71. The summed E-state index contributed by atoms with van der Waals surface area (Å²) in [5, 5.41) is 9.80. The highest BCUT2D eigenvalue weighted by Crippen LogP contribution is 2.33. The first kappa shape index (κ1) is 20.5. The molecule has 0 spiro atoms. The quantitative estimate of drug-likeness (QED) is 0.583. The zero-order valence-corrected chi connectivity index (χ0v) is 17.5. The zero-order chi connectivity index (χ0) is 18.3. The molecule has 0 unspecified atom stereocenters. The smallest absolute Gasteiger partial charge is 0.184 e. The molecule has 0 bridgehead atoms. The largest absolute Gasteiger partial charge is 0.493 e. The van der Waals surface area contributed by atoms with Crippen molar-refractivity contribution in [1.29, 1.82) is 0 Å². The van der Waals surface area contributed by atoms with Crippen molar-refractivity contribution < 1.29 is 14.3 Å². The summed E-state index contributed by atoms with van der Waals surface area (Å²) in [6.45, 7) is 9.69. The first-order valence-corrected chi connectivity index (χ1v) is 13.3. The Labute approximate surface area is 154 Å². The average Bonchev–Trinajstić information content (AvgIpc) is 2.60. The Kier molecular flexibility index (Phi) is 7.98. The molecule has 1 N–H and O–H groups in total. The van der Waals surface area contributed by atoms with Crippen molar-refractivity contribution in [2.45, 2.75) is 71.2 Å². The molecule has 142 valence electrons. The van der Waals surface area contributed by atoms with E-state index in [1.165, 1.54) is 32.1 Å². The van der Waals surface area contributed by atoms with E-state index in [1.807, 2.05) is 6.07 Å². The molecule has 1 aliphatic rings. The monoisotopic (exact) mass is 364 g/mol. The highest BCUT2D eigenvalue weighted by atomic mass is 28.4. The van der Waals surface area contributed by atoms with E-state index in [-0.39, 0.29) is 18.6 Å². The van der Waals surface area contributed by atoms with Gasteiger partial charge in [0.25, 0.3) is 0 Å². The summed E-state index contributed by atoms with van der Waals surface area (Å²) in [5.41, 5.74) is 1.13. The van der Waals surface area contributed by atoms with Crippen LogP contribution in [0.25, 0.3) is 0 Å². The SMILES string of the molecule is CC[C@H](CO)[C@@H](O[Si](C)(C)C)c1cccc(OCC2CCCCC2)c1. The summed E-state index contributed by atoms with van der Waals surface area (Å²) >= 11 is 0. The molecule has 1 fully saturated rings. The molecule has 2 atom stereocenters. The number of ether oxygens (including phenoxy) is 1. The van der Waals surface area contributed by atoms with Gasteiger partial charge in [0, 0.05) is 12.5 Å². The van der Waals surface area contributed by atoms with Gasteiger partial charge in [-0.3, -0.25) is 0 Å². The molecule has 0 saturated heterocycles. The lowest BCUT2D eigenvalue weighted by molar-refractivity contribution is 0.0781. The zero-order valence-electron chi connectivity index (χ0n) is 16.5. The van der Waals surface area contributed by atoms with Gasteiger partial charge in [-0.2, -0.15) is 0 Å². The van der Waals surface area contributed by atoms with E-state index < -0.39 is 8.32 Å². The fourth-order valence-electron chi connectivity index (χ4n) is 3.61. The fraction of sp³-hybridized carbons (Fsp3) is 0.714. The van der Waals surface area contributed by atoms with Crippen LogP contribution in [-0.2, 0) is 4.43 Å².